The van der Waals surface area contributed by atoms with E-state index in [1.807, 2.05) is 25.7 Å². The molecule has 0 saturated carbocycles. The van der Waals surface area contributed by atoms with Crippen LogP contribution in [0.2, 0.25) is 0 Å². The van der Waals surface area contributed by atoms with Crippen molar-refractivity contribution in [2.24, 2.45) is 0 Å². The van der Waals surface area contributed by atoms with Gasteiger partial charge in [0.05, 0.1) is 31.2 Å². The highest BCUT2D eigenvalue weighted by molar-refractivity contribution is 7.91. The molecule has 0 aromatic heterocycles. The standard InChI is InChI=1S/C24H36F4N4O5S.C23H37FN4O6S/c1-22(2,3)31-10-8-23(9-11-31,21(33)29-34)38(35,36)32-14-12-30(13-15-32)20-6-5-18(17-19(20)25)37-16-4-7-24(26,27)28;1-3-4-16-34-19-5-6-21(20(24)18-19)27-11-13-28(14-12-27)35(31,32)23(22(29)25-30)7-9-26(10-8-23)15-17-33-2/h5-6,17,34H,4,7-16H2,1-3H3,(H,29,33);5-6,18,30H,3-4,7-17H2,1-2H3,(H,25,29). The number of hydrogen-bond donors (Lipinski definition) is 4. The van der Waals surface area contributed by atoms with Gasteiger partial charge < -0.3 is 28.9 Å². The summed E-state index contributed by atoms with van der Waals surface area (Å²) in [5.74, 6) is -2.35. The molecule has 19 nitrogen and oxygen atoms in total. The van der Waals surface area contributed by atoms with Crippen LogP contribution in [0.4, 0.5) is 33.3 Å². The Morgan fingerprint density at radius 3 is 1.41 bits per heavy atom. The molecule has 26 heteroatoms. The number of benzene rings is 2. The second-order valence-corrected chi connectivity index (χ2v) is 24.1. The lowest BCUT2D eigenvalue weighted by Gasteiger charge is -2.47. The fourth-order valence-corrected chi connectivity index (χ4v) is 13.8. The van der Waals surface area contributed by atoms with Gasteiger partial charge in [-0.25, -0.2) is 36.6 Å². The SMILES string of the molecule is CC(C)(C)N1CCC(C(=O)NO)(S(=O)(=O)N2CCN(c3ccc(OCCCC(F)(F)F)cc3F)CC2)CC1.CCCCOc1ccc(N2CCN(S(=O)(=O)C3(C(=O)NO)CCN(CCOC)CC3)CC2)c(F)c1. The van der Waals surface area contributed by atoms with Crippen LogP contribution in [0.1, 0.15) is 79.1 Å². The first-order valence-corrected chi connectivity index (χ1v) is 27.5. The summed E-state index contributed by atoms with van der Waals surface area (Å²) in [4.78, 5) is 33.0. The molecule has 0 atom stereocenters. The van der Waals surface area contributed by atoms with Crippen LogP contribution < -0.4 is 30.2 Å². The molecule has 0 aliphatic carbocycles. The van der Waals surface area contributed by atoms with Crippen molar-refractivity contribution in [2.45, 2.75) is 100 Å². The monoisotopic (exact) mass is 1080 g/mol. The Bertz CT molecular complexity index is 2350. The quantitative estimate of drug-likeness (QED) is 0.0656. The number of hydrogen-bond acceptors (Lipinski definition) is 15. The van der Waals surface area contributed by atoms with Crippen molar-refractivity contribution < 1.29 is 73.0 Å². The number of hydroxylamine groups is 2. The van der Waals surface area contributed by atoms with E-state index in [2.05, 4.69) is 11.8 Å². The van der Waals surface area contributed by atoms with Crippen LogP contribution in [0.5, 0.6) is 11.5 Å². The van der Waals surface area contributed by atoms with Gasteiger partial charge in [-0.05, 0) is 83.6 Å². The number of ether oxygens (including phenoxy) is 3. The second kappa shape index (κ2) is 25.6. The molecule has 0 spiro atoms. The Balaban J connectivity index is 0.000000272. The van der Waals surface area contributed by atoms with Crippen LogP contribution >= 0.6 is 0 Å². The van der Waals surface area contributed by atoms with Gasteiger partial charge >= 0.3 is 6.18 Å². The summed E-state index contributed by atoms with van der Waals surface area (Å²) in [6, 6.07) is 8.72. The smallest absolute Gasteiger partial charge is 0.389 e. The van der Waals surface area contributed by atoms with Crippen molar-refractivity contribution in [1.82, 2.24) is 29.4 Å². The van der Waals surface area contributed by atoms with Crippen molar-refractivity contribution in [2.75, 3.05) is 122 Å². The number of amides is 2. The third-order valence-corrected chi connectivity index (χ3v) is 19.4. The predicted molar refractivity (Wildman–Crippen MR) is 263 cm³/mol. The fourth-order valence-electron chi connectivity index (χ4n) is 9.60. The third-order valence-electron chi connectivity index (χ3n) is 14.1. The minimum atomic E-state index is -4.28. The summed E-state index contributed by atoms with van der Waals surface area (Å²) < 4.78 is 136. The van der Waals surface area contributed by atoms with Gasteiger partial charge in [-0.3, -0.25) is 24.9 Å². The molecule has 0 bridgehead atoms. The zero-order valence-electron chi connectivity index (χ0n) is 42.4. The van der Waals surface area contributed by atoms with Crippen molar-refractivity contribution in [3.05, 3.63) is 48.0 Å². The molecule has 4 heterocycles. The molecule has 2 aromatic rings. The average Bonchev–Trinajstić information content (AvgIpc) is 3.36. The number of anilines is 2. The highest BCUT2D eigenvalue weighted by Gasteiger charge is 2.57. The first-order chi connectivity index (χ1) is 34.4. The number of nitrogens with zero attached hydrogens (tertiary/aromatic N) is 6. The molecular weight excluding hydrogens is 1010 g/mol. The lowest BCUT2D eigenvalue weighted by atomic mass is 9.91. The number of piperidine rings is 2. The first-order valence-electron chi connectivity index (χ1n) is 24.7. The van der Waals surface area contributed by atoms with Crippen molar-refractivity contribution in [3.63, 3.8) is 0 Å². The summed E-state index contributed by atoms with van der Waals surface area (Å²) in [5.41, 5.74) is 3.54. The van der Waals surface area contributed by atoms with Gasteiger partial charge in [0, 0.05) is 116 Å². The lowest BCUT2D eigenvalue weighted by Crippen LogP contribution is -2.64. The molecule has 73 heavy (non-hydrogen) atoms. The number of piperazine rings is 2. The number of nitrogens with one attached hydrogen (secondary N) is 2. The predicted octanol–water partition coefficient (Wildman–Crippen LogP) is 4.58. The van der Waals surface area contributed by atoms with Crippen LogP contribution in [-0.4, -0.2) is 191 Å². The van der Waals surface area contributed by atoms with Crippen LogP contribution in [0.15, 0.2) is 36.4 Å². The van der Waals surface area contributed by atoms with Crippen molar-refractivity contribution >= 4 is 43.2 Å². The number of rotatable bonds is 19. The van der Waals surface area contributed by atoms with E-state index >= 15 is 0 Å². The molecule has 4 N–H and O–H groups in total. The number of alkyl halides is 3. The average molecular weight is 1090 g/mol. The molecule has 4 aliphatic heterocycles. The van der Waals surface area contributed by atoms with E-state index in [-0.39, 0.29) is 108 Å². The largest absolute Gasteiger partial charge is 0.493 e. The Labute approximate surface area is 425 Å². The maximum Gasteiger partial charge on any atom is 0.389 e. The topological polar surface area (TPSA) is 214 Å². The van der Waals surface area contributed by atoms with Gasteiger partial charge in [0.15, 0.2) is 9.49 Å². The normalized spacial score (nSPS) is 19.7. The first kappa shape index (κ1) is 59.7. The number of carbonyl (C=O) groups excluding carboxylic acids is 2. The summed E-state index contributed by atoms with van der Waals surface area (Å²) in [7, 11) is -6.64. The van der Waals surface area contributed by atoms with Crippen molar-refractivity contribution in [3.8, 4) is 11.5 Å². The number of sulfonamides is 2. The molecule has 4 fully saturated rings. The van der Waals surface area contributed by atoms with E-state index in [0.29, 0.717) is 57.4 Å². The van der Waals surface area contributed by atoms with E-state index in [1.165, 1.54) is 26.8 Å². The maximum atomic E-state index is 14.8. The lowest BCUT2D eigenvalue weighted by molar-refractivity contribution is -0.136. The summed E-state index contributed by atoms with van der Waals surface area (Å²) in [6.45, 7) is 12.2. The molecule has 2 aromatic carbocycles. The molecule has 414 valence electrons. The van der Waals surface area contributed by atoms with Gasteiger partial charge in [-0.15, -0.1) is 0 Å². The summed E-state index contributed by atoms with van der Waals surface area (Å²) in [6.07, 6.45) is -3.44. The minimum Gasteiger partial charge on any atom is -0.493 e. The van der Waals surface area contributed by atoms with E-state index in [0.717, 1.165) is 18.9 Å². The minimum absolute atomic E-state index is 0.0148. The number of methoxy groups -OCH3 is 1. The van der Waals surface area contributed by atoms with E-state index in [4.69, 9.17) is 14.2 Å². The van der Waals surface area contributed by atoms with E-state index in [9.17, 15) is 58.8 Å². The number of halogens is 5. The van der Waals surface area contributed by atoms with Gasteiger partial charge in [-0.1, -0.05) is 13.3 Å². The van der Waals surface area contributed by atoms with Crippen LogP contribution in [0, 0.1) is 11.6 Å². The maximum absolute atomic E-state index is 14.8. The molecular formula is C47H73F5N8O11S2. The zero-order chi connectivity index (χ0) is 53.8. The highest BCUT2D eigenvalue weighted by Crippen LogP contribution is 2.38. The third kappa shape index (κ3) is 14.4. The molecule has 0 radical (unpaired) electrons. The van der Waals surface area contributed by atoms with E-state index < -0.39 is 65.6 Å². The Morgan fingerprint density at radius 2 is 1.05 bits per heavy atom. The molecule has 4 saturated heterocycles. The van der Waals surface area contributed by atoms with Crippen LogP contribution in [0.3, 0.4) is 0 Å². The Morgan fingerprint density at radius 1 is 0.644 bits per heavy atom. The number of carbonyl (C=O) groups is 2. The molecule has 6 rings (SSSR count). The zero-order valence-corrected chi connectivity index (χ0v) is 44.0. The summed E-state index contributed by atoms with van der Waals surface area (Å²) in [5, 5.41) is 18.7. The fraction of sp³-hybridized carbons (Fsp3) is 0.702. The second-order valence-electron chi connectivity index (χ2n) is 19.6. The summed E-state index contributed by atoms with van der Waals surface area (Å²) >= 11 is 0. The van der Waals surface area contributed by atoms with Crippen molar-refractivity contribution in [1.29, 1.82) is 0 Å². The molecule has 0 unspecified atom stereocenters. The highest BCUT2D eigenvalue weighted by atomic mass is 32.2. The number of likely N-dealkylation sites (tertiary alicyclic amines) is 2. The van der Waals surface area contributed by atoms with Crippen LogP contribution in [-0.2, 0) is 34.4 Å². The van der Waals surface area contributed by atoms with Gasteiger partial charge in [0.25, 0.3) is 11.8 Å². The Kier molecular flexibility index (Phi) is 20.9. The van der Waals surface area contributed by atoms with Gasteiger partial charge in [0.2, 0.25) is 20.0 Å². The van der Waals surface area contributed by atoms with Gasteiger partial charge in [-0.2, -0.15) is 21.8 Å². The van der Waals surface area contributed by atoms with Crippen LogP contribution in [0.25, 0.3) is 0 Å². The number of unbranched alkanes of at least 4 members (excludes halogenated alkanes) is 1. The van der Waals surface area contributed by atoms with Gasteiger partial charge in [0.1, 0.15) is 23.1 Å². The van der Waals surface area contributed by atoms with E-state index in [1.54, 1.807) is 40.0 Å². The molecule has 4 aliphatic rings. The molecule has 2 amide bonds. The Hall–Kier alpha value is -4.15.